The van der Waals surface area contributed by atoms with Gasteiger partial charge >= 0.3 is 0 Å². The van der Waals surface area contributed by atoms with Crippen LogP contribution < -0.4 is 10.5 Å². The fraction of sp³-hybridized carbons (Fsp3) is 0.357. The Labute approximate surface area is 130 Å². The van der Waals surface area contributed by atoms with Crippen LogP contribution in [0, 0.1) is 0 Å². The molecule has 1 aromatic carbocycles. The van der Waals surface area contributed by atoms with Gasteiger partial charge in [0.05, 0.1) is 19.5 Å². The second-order valence-electron chi connectivity index (χ2n) is 4.90. The van der Waals surface area contributed by atoms with Gasteiger partial charge in [-0.2, -0.15) is 9.40 Å². The molecular formula is C14H20N4O3S. The number of nitrogens with zero attached hydrogens (tertiary/aromatic N) is 3. The van der Waals surface area contributed by atoms with Gasteiger partial charge in [0, 0.05) is 19.6 Å². The predicted octanol–water partition coefficient (Wildman–Crippen LogP) is 0.849. The first-order chi connectivity index (χ1) is 10.4. The van der Waals surface area contributed by atoms with Crippen LogP contribution in [0.15, 0.2) is 41.6 Å². The summed E-state index contributed by atoms with van der Waals surface area (Å²) in [6, 6.07) is 6.96. The van der Waals surface area contributed by atoms with Gasteiger partial charge in [-0.05, 0) is 19.1 Å². The molecule has 2 rings (SSSR count). The van der Waals surface area contributed by atoms with Crippen LogP contribution in [-0.4, -0.2) is 49.2 Å². The second-order valence-corrected chi connectivity index (χ2v) is 6.90. The highest BCUT2D eigenvalue weighted by Gasteiger charge is 2.26. The van der Waals surface area contributed by atoms with E-state index in [0.29, 0.717) is 11.4 Å². The van der Waals surface area contributed by atoms with Gasteiger partial charge < -0.3 is 10.5 Å². The van der Waals surface area contributed by atoms with Crippen molar-refractivity contribution in [2.45, 2.75) is 17.9 Å². The molecule has 0 aliphatic heterocycles. The lowest BCUT2D eigenvalue weighted by molar-refractivity contribution is 0.394. The van der Waals surface area contributed by atoms with Crippen molar-refractivity contribution in [2.24, 2.45) is 5.73 Å². The largest absolute Gasteiger partial charge is 0.494 e. The Morgan fingerprint density at radius 2 is 2.09 bits per heavy atom. The standard InChI is InChI=1S/C14H20N4O3S/c1-11(8-15)17(2)22(19,20)12-9-16-18(10-12)13-6-4-5-7-14(13)21-3/h4-7,9-11H,8,15H2,1-3H3. The lowest BCUT2D eigenvalue weighted by Crippen LogP contribution is -2.39. The van der Waals surface area contributed by atoms with E-state index in [-0.39, 0.29) is 17.5 Å². The molecule has 1 atom stereocenters. The van der Waals surface area contributed by atoms with Gasteiger partial charge in [-0.3, -0.25) is 0 Å². The Bertz CT molecular complexity index is 742. The van der Waals surface area contributed by atoms with Crippen LogP contribution in [0.2, 0.25) is 0 Å². The zero-order valence-corrected chi connectivity index (χ0v) is 13.6. The molecule has 0 fully saturated rings. The molecule has 2 N–H and O–H groups in total. The molecule has 22 heavy (non-hydrogen) atoms. The fourth-order valence-electron chi connectivity index (χ4n) is 1.94. The van der Waals surface area contributed by atoms with Crippen molar-refractivity contribution < 1.29 is 13.2 Å². The Hall–Kier alpha value is -1.90. The molecule has 0 saturated carbocycles. The molecule has 1 aromatic heterocycles. The average Bonchev–Trinajstić information content (AvgIpc) is 3.03. The van der Waals surface area contributed by atoms with Gasteiger partial charge in [-0.25, -0.2) is 13.1 Å². The zero-order chi connectivity index (χ0) is 16.3. The molecule has 1 unspecified atom stereocenters. The van der Waals surface area contributed by atoms with E-state index in [1.807, 2.05) is 12.1 Å². The number of rotatable bonds is 6. The molecule has 1 heterocycles. The minimum atomic E-state index is -3.63. The van der Waals surface area contributed by atoms with Gasteiger partial charge in [0.1, 0.15) is 16.3 Å². The van der Waals surface area contributed by atoms with Crippen LogP contribution in [0.25, 0.3) is 5.69 Å². The van der Waals surface area contributed by atoms with Gasteiger partial charge in [0.15, 0.2) is 0 Å². The van der Waals surface area contributed by atoms with Gasteiger partial charge in [-0.1, -0.05) is 12.1 Å². The van der Waals surface area contributed by atoms with Crippen molar-refractivity contribution >= 4 is 10.0 Å². The summed E-state index contributed by atoms with van der Waals surface area (Å²) in [4.78, 5) is 0.112. The fourth-order valence-corrected chi connectivity index (χ4v) is 3.25. The zero-order valence-electron chi connectivity index (χ0n) is 12.8. The van der Waals surface area contributed by atoms with Crippen LogP contribution >= 0.6 is 0 Å². The highest BCUT2D eigenvalue weighted by atomic mass is 32.2. The maximum Gasteiger partial charge on any atom is 0.246 e. The minimum absolute atomic E-state index is 0.112. The Balaban J connectivity index is 2.40. The Morgan fingerprint density at radius 3 is 2.73 bits per heavy atom. The Morgan fingerprint density at radius 1 is 1.41 bits per heavy atom. The molecule has 0 aliphatic carbocycles. The van der Waals surface area contributed by atoms with Gasteiger partial charge in [0.25, 0.3) is 0 Å². The van der Waals surface area contributed by atoms with Crippen molar-refractivity contribution in [3.05, 3.63) is 36.7 Å². The summed E-state index contributed by atoms with van der Waals surface area (Å²) < 4.78 is 33.0. The molecule has 7 nitrogen and oxygen atoms in total. The van der Waals surface area contributed by atoms with E-state index in [1.165, 1.54) is 28.4 Å². The van der Waals surface area contributed by atoms with Crippen LogP contribution in [0.3, 0.4) is 0 Å². The average molecular weight is 324 g/mol. The number of ether oxygens (including phenoxy) is 1. The Kier molecular flexibility index (Phi) is 4.84. The third kappa shape index (κ3) is 2.99. The van der Waals surface area contributed by atoms with E-state index >= 15 is 0 Å². The predicted molar refractivity (Wildman–Crippen MR) is 83.6 cm³/mol. The minimum Gasteiger partial charge on any atom is -0.494 e. The van der Waals surface area contributed by atoms with E-state index < -0.39 is 10.0 Å². The first-order valence-electron chi connectivity index (χ1n) is 6.78. The van der Waals surface area contributed by atoms with Crippen molar-refractivity contribution in [1.82, 2.24) is 14.1 Å². The molecule has 2 aromatic rings. The smallest absolute Gasteiger partial charge is 0.246 e. The van der Waals surface area contributed by atoms with Crippen molar-refractivity contribution in [3.8, 4) is 11.4 Å². The number of hydrogen-bond donors (Lipinski definition) is 1. The maximum atomic E-state index is 12.5. The molecule has 8 heteroatoms. The quantitative estimate of drug-likeness (QED) is 0.850. The number of aromatic nitrogens is 2. The molecule has 0 radical (unpaired) electrons. The molecular weight excluding hydrogens is 304 g/mol. The number of likely N-dealkylation sites (N-methyl/N-ethyl adjacent to an activating group) is 1. The summed E-state index contributed by atoms with van der Waals surface area (Å²) in [7, 11) is -0.568. The number of sulfonamides is 1. The summed E-state index contributed by atoms with van der Waals surface area (Å²) in [5.74, 6) is 0.609. The van der Waals surface area contributed by atoms with E-state index in [2.05, 4.69) is 5.10 Å². The highest BCUT2D eigenvalue weighted by Crippen LogP contribution is 2.23. The van der Waals surface area contributed by atoms with Crippen LogP contribution in [-0.2, 0) is 10.0 Å². The second kappa shape index (κ2) is 6.47. The molecule has 0 bridgehead atoms. The molecule has 0 aliphatic rings. The maximum absolute atomic E-state index is 12.5. The lowest BCUT2D eigenvalue weighted by Gasteiger charge is -2.21. The van der Waals surface area contributed by atoms with Gasteiger partial charge in [0.2, 0.25) is 10.0 Å². The van der Waals surface area contributed by atoms with Crippen molar-refractivity contribution in [3.63, 3.8) is 0 Å². The first-order valence-corrected chi connectivity index (χ1v) is 8.22. The molecule has 0 spiro atoms. The van der Waals surface area contributed by atoms with E-state index in [9.17, 15) is 8.42 Å². The molecule has 120 valence electrons. The normalized spacial score (nSPS) is 13.3. The first kappa shape index (κ1) is 16.5. The summed E-state index contributed by atoms with van der Waals surface area (Å²) in [5, 5.41) is 4.13. The summed E-state index contributed by atoms with van der Waals surface area (Å²) >= 11 is 0. The summed E-state index contributed by atoms with van der Waals surface area (Å²) in [6.07, 6.45) is 2.79. The topological polar surface area (TPSA) is 90.5 Å². The highest BCUT2D eigenvalue weighted by molar-refractivity contribution is 7.89. The molecule has 0 saturated heterocycles. The number of hydrogen-bond acceptors (Lipinski definition) is 5. The molecule has 0 amide bonds. The van der Waals surface area contributed by atoms with E-state index in [4.69, 9.17) is 10.5 Å². The summed E-state index contributed by atoms with van der Waals surface area (Å²) in [5.41, 5.74) is 6.21. The number of benzene rings is 1. The van der Waals surface area contributed by atoms with Crippen LogP contribution in [0.1, 0.15) is 6.92 Å². The summed E-state index contributed by atoms with van der Waals surface area (Å²) in [6.45, 7) is 2.00. The van der Waals surface area contributed by atoms with Crippen molar-refractivity contribution in [1.29, 1.82) is 0 Å². The van der Waals surface area contributed by atoms with Crippen molar-refractivity contribution in [2.75, 3.05) is 20.7 Å². The SMILES string of the molecule is COc1ccccc1-n1cc(S(=O)(=O)N(C)C(C)CN)cn1. The monoisotopic (exact) mass is 324 g/mol. The number of para-hydroxylation sites is 2. The van der Waals surface area contributed by atoms with Crippen LogP contribution in [0.5, 0.6) is 5.75 Å². The third-order valence-electron chi connectivity index (χ3n) is 3.53. The third-order valence-corrected chi connectivity index (χ3v) is 5.45. The van der Waals surface area contributed by atoms with E-state index in [1.54, 1.807) is 26.2 Å². The van der Waals surface area contributed by atoms with E-state index in [0.717, 1.165) is 0 Å². The van der Waals surface area contributed by atoms with Crippen LogP contribution in [0.4, 0.5) is 0 Å². The number of nitrogens with two attached hydrogens (primary N) is 1. The lowest BCUT2D eigenvalue weighted by atomic mass is 10.3. The number of methoxy groups -OCH3 is 1. The van der Waals surface area contributed by atoms with Gasteiger partial charge in [-0.15, -0.1) is 0 Å².